The Kier molecular flexibility index (Phi) is 3.78. The third-order valence-corrected chi connectivity index (χ3v) is 2.67. The van der Waals surface area contributed by atoms with Gasteiger partial charge in [-0.05, 0) is 28.1 Å². The zero-order valence-electron chi connectivity index (χ0n) is 9.68. The van der Waals surface area contributed by atoms with Crippen molar-refractivity contribution in [2.45, 2.75) is 26.4 Å². The van der Waals surface area contributed by atoms with E-state index < -0.39 is 0 Å². The van der Waals surface area contributed by atoms with E-state index in [1.54, 1.807) is 12.4 Å². The monoisotopic (exact) mass is 296 g/mol. The lowest BCUT2D eigenvalue weighted by atomic mass is 10.2. The molecular formula is C12H13BrN2O2. The van der Waals surface area contributed by atoms with Crippen LogP contribution in [0.25, 0.3) is 0 Å². The molecule has 90 valence electrons. The van der Waals surface area contributed by atoms with Crippen molar-refractivity contribution in [2.75, 3.05) is 0 Å². The molecule has 0 fully saturated rings. The third kappa shape index (κ3) is 3.30. The van der Waals surface area contributed by atoms with Crippen LogP contribution < -0.4 is 4.74 Å². The van der Waals surface area contributed by atoms with Crippen molar-refractivity contribution in [2.24, 2.45) is 0 Å². The maximum atomic E-state index is 5.52. The van der Waals surface area contributed by atoms with E-state index in [4.69, 9.17) is 9.15 Å². The highest BCUT2D eigenvalue weighted by Crippen LogP contribution is 2.17. The van der Waals surface area contributed by atoms with Crippen LogP contribution in [0.1, 0.15) is 31.4 Å². The number of ether oxygens (including phenoxy) is 1. The molecule has 0 saturated carbocycles. The minimum absolute atomic E-state index is 0.316. The molecule has 0 aromatic carbocycles. The van der Waals surface area contributed by atoms with E-state index in [2.05, 4.69) is 39.7 Å². The number of oxazole rings is 1. The average Bonchev–Trinajstić information content (AvgIpc) is 2.77. The number of hydrogen-bond acceptors (Lipinski definition) is 4. The van der Waals surface area contributed by atoms with Crippen LogP contribution in [-0.4, -0.2) is 9.97 Å². The van der Waals surface area contributed by atoms with Gasteiger partial charge >= 0.3 is 0 Å². The number of pyridine rings is 1. The van der Waals surface area contributed by atoms with Gasteiger partial charge in [-0.2, -0.15) is 0 Å². The summed E-state index contributed by atoms with van der Waals surface area (Å²) < 4.78 is 11.8. The predicted octanol–water partition coefficient (Wildman–Crippen LogP) is 3.53. The number of halogens is 1. The van der Waals surface area contributed by atoms with Gasteiger partial charge in [0, 0.05) is 5.92 Å². The molecule has 0 amide bonds. The zero-order valence-corrected chi connectivity index (χ0v) is 11.3. The SMILES string of the molecule is CC(C)c1cnc(COc2ccc(Br)nc2)o1. The molecule has 0 saturated heterocycles. The summed E-state index contributed by atoms with van der Waals surface area (Å²) in [6, 6.07) is 3.66. The maximum Gasteiger partial charge on any atom is 0.232 e. The van der Waals surface area contributed by atoms with Crippen molar-refractivity contribution in [3.63, 3.8) is 0 Å². The Labute approximate surface area is 108 Å². The zero-order chi connectivity index (χ0) is 12.3. The van der Waals surface area contributed by atoms with E-state index in [0.29, 0.717) is 24.2 Å². The topological polar surface area (TPSA) is 48.2 Å². The lowest BCUT2D eigenvalue weighted by molar-refractivity contribution is 0.256. The van der Waals surface area contributed by atoms with Gasteiger partial charge in [0.1, 0.15) is 16.1 Å². The smallest absolute Gasteiger partial charge is 0.232 e. The highest BCUT2D eigenvalue weighted by Gasteiger charge is 2.07. The van der Waals surface area contributed by atoms with Crippen LogP contribution in [0.3, 0.4) is 0 Å². The van der Waals surface area contributed by atoms with E-state index in [0.717, 1.165) is 10.4 Å². The second-order valence-corrected chi connectivity index (χ2v) is 4.73. The van der Waals surface area contributed by atoms with Gasteiger partial charge in [-0.3, -0.25) is 0 Å². The van der Waals surface area contributed by atoms with Crippen LogP contribution in [-0.2, 0) is 6.61 Å². The molecule has 5 heteroatoms. The molecule has 17 heavy (non-hydrogen) atoms. The maximum absolute atomic E-state index is 5.52. The standard InChI is InChI=1S/C12H13BrN2O2/c1-8(2)10-6-15-12(17-10)7-16-9-3-4-11(13)14-5-9/h3-6,8H,7H2,1-2H3. The van der Waals surface area contributed by atoms with Gasteiger partial charge in [-0.25, -0.2) is 9.97 Å². The Morgan fingerprint density at radius 3 is 2.71 bits per heavy atom. The molecule has 2 heterocycles. The van der Waals surface area contributed by atoms with E-state index in [1.807, 2.05) is 12.1 Å². The molecule has 4 nitrogen and oxygen atoms in total. The Bertz CT molecular complexity index is 480. The first-order valence-corrected chi connectivity index (χ1v) is 6.13. The summed E-state index contributed by atoms with van der Waals surface area (Å²) in [4.78, 5) is 8.21. The minimum atomic E-state index is 0.316. The molecule has 2 aromatic rings. The normalized spacial score (nSPS) is 10.8. The lowest BCUT2D eigenvalue weighted by Crippen LogP contribution is -1.95. The summed E-state index contributed by atoms with van der Waals surface area (Å²) in [6.45, 7) is 4.43. The van der Waals surface area contributed by atoms with Crippen LogP contribution in [0.5, 0.6) is 5.75 Å². The highest BCUT2D eigenvalue weighted by atomic mass is 79.9. The summed E-state index contributed by atoms with van der Waals surface area (Å²) in [6.07, 6.45) is 3.39. The predicted molar refractivity (Wildman–Crippen MR) is 66.9 cm³/mol. The Morgan fingerprint density at radius 1 is 1.29 bits per heavy atom. The highest BCUT2D eigenvalue weighted by molar-refractivity contribution is 9.10. The molecule has 2 aromatic heterocycles. The molecular weight excluding hydrogens is 284 g/mol. The van der Waals surface area contributed by atoms with Crippen molar-refractivity contribution >= 4 is 15.9 Å². The van der Waals surface area contributed by atoms with Gasteiger partial charge in [-0.1, -0.05) is 13.8 Å². The average molecular weight is 297 g/mol. The fourth-order valence-corrected chi connectivity index (χ4v) is 1.49. The fourth-order valence-electron chi connectivity index (χ4n) is 1.25. The number of nitrogens with zero attached hydrogens (tertiary/aromatic N) is 2. The summed E-state index contributed by atoms with van der Waals surface area (Å²) in [5, 5.41) is 0. The molecule has 2 rings (SSSR count). The minimum Gasteiger partial charge on any atom is -0.482 e. The number of rotatable bonds is 4. The second-order valence-electron chi connectivity index (χ2n) is 3.92. The van der Waals surface area contributed by atoms with Gasteiger partial charge in [0.25, 0.3) is 0 Å². The van der Waals surface area contributed by atoms with Crippen molar-refractivity contribution in [3.8, 4) is 5.75 Å². The molecule has 0 atom stereocenters. The van der Waals surface area contributed by atoms with Crippen LogP contribution in [0, 0.1) is 0 Å². The lowest BCUT2D eigenvalue weighted by Gasteiger charge is -2.02. The van der Waals surface area contributed by atoms with Gasteiger partial charge < -0.3 is 9.15 Å². The number of aromatic nitrogens is 2. The van der Waals surface area contributed by atoms with Crippen LogP contribution in [0.15, 0.2) is 33.5 Å². The van der Waals surface area contributed by atoms with E-state index >= 15 is 0 Å². The fraction of sp³-hybridized carbons (Fsp3) is 0.333. The van der Waals surface area contributed by atoms with Gasteiger partial charge in [0.2, 0.25) is 5.89 Å². The summed E-state index contributed by atoms with van der Waals surface area (Å²) in [7, 11) is 0. The molecule has 0 bridgehead atoms. The van der Waals surface area contributed by atoms with E-state index in [1.165, 1.54) is 0 Å². The molecule has 0 N–H and O–H groups in total. The number of hydrogen-bond donors (Lipinski definition) is 0. The van der Waals surface area contributed by atoms with Gasteiger partial charge in [-0.15, -0.1) is 0 Å². The van der Waals surface area contributed by atoms with Crippen molar-refractivity contribution in [1.82, 2.24) is 9.97 Å². The molecule has 0 aliphatic carbocycles. The summed E-state index contributed by atoms with van der Waals surface area (Å²) >= 11 is 3.26. The van der Waals surface area contributed by atoms with E-state index in [9.17, 15) is 0 Å². The molecule has 0 aliphatic heterocycles. The van der Waals surface area contributed by atoms with Crippen molar-refractivity contribution < 1.29 is 9.15 Å². The van der Waals surface area contributed by atoms with Crippen molar-refractivity contribution in [1.29, 1.82) is 0 Å². The first kappa shape index (κ1) is 12.1. The van der Waals surface area contributed by atoms with Crippen LogP contribution in [0.4, 0.5) is 0 Å². The second kappa shape index (κ2) is 5.31. The van der Waals surface area contributed by atoms with Crippen LogP contribution in [0.2, 0.25) is 0 Å². The van der Waals surface area contributed by atoms with Crippen LogP contribution >= 0.6 is 15.9 Å². The Balaban J connectivity index is 1.95. The summed E-state index contributed by atoms with van der Waals surface area (Å²) in [5.41, 5.74) is 0. The first-order chi connectivity index (χ1) is 8.15. The summed E-state index contributed by atoms with van der Waals surface area (Å²) in [5.74, 6) is 2.48. The third-order valence-electron chi connectivity index (χ3n) is 2.20. The molecule has 0 spiro atoms. The largest absolute Gasteiger partial charge is 0.482 e. The first-order valence-electron chi connectivity index (χ1n) is 5.34. The molecule has 0 unspecified atom stereocenters. The van der Waals surface area contributed by atoms with E-state index in [-0.39, 0.29) is 0 Å². The Hall–Kier alpha value is -1.36. The van der Waals surface area contributed by atoms with Crippen molar-refractivity contribution in [3.05, 3.63) is 40.8 Å². The van der Waals surface area contributed by atoms with Gasteiger partial charge in [0.05, 0.1) is 12.4 Å². The quantitative estimate of drug-likeness (QED) is 0.810. The Morgan fingerprint density at radius 2 is 2.12 bits per heavy atom. The molecule has 0 aliphatic rings. The molecule has 0 radical (unpaired) electrons. The van der Waals surface area contributed by atoms with Gasteiger partial charge in [0.15, 0.2) is 6.61 Å².